The number of benzene rings is 2. The number of esters is 1. The van der Waals surface area contributed by atoms with Crippen LogP contribution in [0.15, 0.2) is 48.5 Å². The van der Waals surface area contributed by atoms with Crippen LogP contribution in [0.4, 0.5) is 0 Å². The van der Waals surface area contributed by atoms with Crippen molar-refractivity contribution in [3.05, 3.63) is 59.7 Å². The number of phenolic OH excluding ortho intramolecular Hbond substituents is 1. The second-order valence-electron chi connectivity index (χ2n) is 3.99. The predicted molar refractivity (Wildman–Crippen MR) is 76.6 cm³/mol. The van der Waals surface area contributed by atoms with Gasteiger partial charge in [-0.3, -0.25) is 14.4 Å². The molecule has 0 bridgehead atoms. The topological polar surface area (TPSA) is 80.7 Å². The molecule has 0 aliphatic carbocycles. The molecule has 0 unspecified atom stereocenters. The second kappa shape index (κ2) is 8.27. The summed E-state index contributed by atoms with van der Waals surface area (Å²) >= 11 is 0. The number of hydrogen-bond acceptors (Lipinski definition) is 5. The van der Waals surface area contributed by atoms with E-state index in [0.29, 0.717) is 16.9 Å². The average Bonchev–Trinajstić information content (AvgIpc) is 2.49. The number of aromatic hydroxyl groups is 1. The highest BCUT2D eigenvalue weighted by Crippen LogP contribution is 2.10. The summed E-state index contributed by atoms with van der Waals surface area (Å²) in [5.41, 5.74) is 1.14. The van der Waals surface area contributed by atoms with Crippen molar-refractivity contribution in [1.82, 2.24) is 0 Å². The van der Waals surface area contributed by atoms with Crippen LogP contribution in [0.25, 0.3) is 0 Å². The first kappa shape index (κ1) is 16.1. The van der Waals surface area contributed by atoms with E-state index in [1.54, 1.807) is 36.4 Å². The van der Waals surface area contributed by atoms with Crippen LogP contribution in [0.5, 0.6) is 11.5 Å². The van der Waals surface area contributed by atoms with E-state index in [9.17, 15) is 14.4 Å². The van der Waals surface area contributed by atoms with Crippen molar-refractivity contribution in [2.24, 2.45) is 0 Å². The average molecular weight is 286 g/mol. The van der Waals surface area contributed by atoms with E-state index < -0.39 is 0 Å². The van der Waals surface area contributed by atoms with Gasteiger partial charge < -0.3 is 9.84 Å². The summed E-state index contributed by atoms with van der Waals surface area (Å²) < 4.78 is 4.76. The van der Waals surface area contributed by atoms with Crippen molar-refractivity contribution < 1.29 is 24.2 Å². The summed E-state index contributed by atoms with van der Waals surface area (Å²) in [5, 5.41) is 8.74. The maximum atomic E-state index is 10.5. The minimum Gasteiger partial charge on any atom is -0.508 e. The van der Waals surface area contributed by atoms with Crippen LogP contribution in [0.1, 0.15) is 27.6 Å². The Morgan fingerprint density at radius 3 is 1.71 bits per heavy atom. The fourth-order valence-electron chi connectivity index (χ4n) is 1.33. The van der Waals surface area contributed by atoms with Gasteiger partial charge in [0.05, 0.1) is 0 Å². The lowest BCUT2D eigenvalue weighted by Gasteiger charge is -1.99. The molecular weight excluding hydrogens is 272 g/mol. The number of ether oxygens (including phenoxy) is 1. The van der Waals surface area contributed by atoms with E-state index in [0.717, 1.165) is 12.6 Å². The Balaban J connectivity index is 0.000000219. The molecule has 0 aliphatic rings. The number of carbonyl (C=O) groups is 3. The number of hydrogen-bond donors (Lipinski definition) is 1. The fourth-order valence-corrected chi connectivity index (χ4v) is 1.33. The highest BCUT2D eigenvalue weighted by atomic mass is 16.5. The Hall–Kier alpha value is -2.95. The Bertz CT molecular complexity index is 600. The third kappa shape index (κ3) is 6.15. The summed E-state index contributed by atoms with van der Waals surface area (Å²) in [6, 6.07) is 12.4. The molecule has 2 aromatic rings. The van der Waals surface area contributed by atoms with Crippen molar-refractivity contribution in [3.63, 3.8) is 0 Å². The fraction of sp³-hybridized carbons (Fsp3) is 0.0625. The largest absolute Gasteiger partial charge is 0.508 e. The van der Waals surface area contributed by atoms with Gasteiger partial charge in [-0.2, -0.15) is 0 Å². The molecule has 0 amide bonds. The molecule has 1 N–H and O–H groups in total. The summed E-state index contributed by atoms with van der Waals surface area (Å²) in [7, 11) is 0. The van der Waals surface area contributed by atoms with Crippen molar-refractivity contribution in [1.29, 1.82) is 0 Å². The SMILES string of the molecule is CC(=O)Oc1ccc(C=O)cc1.O=Cc1ccc(O)cc1. The van der Waals surface area contributed by atoms with Gasteiger partial charge in [-0.25, -0.2) is 0 Å². The van der Waals surface area contributed by atoms with Crippen LogP contribution in [0.3, 0.4) is 0 Å². The minimum absolute atomic E-state index is 0.181. The molecule has 2 aromatic carbocycles. The van der Waals surface area contributed by atoms with E-state index in [1.165, 1.54) is 19.1 Å². The van der Waals surface area contributed by atoms with Gasteiger partial charge in [-0.1, -0.05) is 0 Å². The number of aldehydes is 2. The number of carbonyl (C=O) groups excluding carboxylic acids is 3. The lowest BCUT2D eigenvalue weighted by Crippen LogP contribution is -2.00. The summed E-state index contributed by atoms with van der Waals surface area (Å²) in [6.45, 7) is 1.33. The maximum Gasteiger partial charge on any atom is 0.308 e. The van der Waals surface area contributed by atoms with Gasteiger partial charge in [-0.05, 0) is 48.5 Å². The smallest absolute Gasteiger partial charge is 0.308 e. The molecule has 0 radical (unpaired) electrons. The molecule has 5 nitrogen and oxygen atoms in total. The summed E-state index contributed by atoms with van der Waals surface area (Å²) in [4.78, 5) is 30.7. The minimum atomic E-state index is -0.367. The van der Waals surface area contributed by atoms with Crippen LogP contribution in [-0.4, -0.2) is 23.6 Å². The third-order valence-corrected chi connectivity index (χ3v) is 2.31. The second-order valence-corrected chi connectivity index (χ2v) is 3.99. The van der Waals surface area contributed by atoms with Gasteiger partial charge in [0.25, 0.3) is 0 Å². The molecule has 0 spiro atoms. The first-order valence-electron chi connectivity index (χ1n) is 6.03. The molecule has 21 heavy (non-hydrogen) atoms. The molecule has 0 atom stereocenters. The van der Waals surface area contributed by atoms with Crippen molar-refractivity contribution in [2.75, 3.05) is 0 Å². The zero-order chi connectivity index (χ0) is 15.7. The van der Waals surface area contributed by atoms with E-state index >= 15 is 0 Å². The van der Waals surface area contributed by atoms with Crippen LogP contribution in [0, 0.1) is 0 Å². The van der Waals surface area contributed by atoms with Gasteiger partial charge >= 0.3 is 5.97 Å². The Kier molecular flexibility index (Phi) is 6.34. The normalized spacial score (nSPS) is 9.00. The van der Waals surface area contributed by atoms with Crippen molar-refractivity contribution in [3.8, 4) is 11.5 Å². The predicted octanol–water partition coefficient (Wildman–Crippen LogP) is 2.63. The molecular formula is C16H14O5. The van der Waals surface area contributed by atoms with Gasteiger partial charge in [-0.15, -0.1) is 0 Å². The molecule has 0 heterocycles. The first-order valence-corrected chi connectivity index (χ1v) is 6.03. The zero-order valence-corrected chi connectivity index (χ0v) is 11.4. The Morgan fingerprint density at radius 2 is 1.33 bits per heavy atom. The molecule has 0 fully saturated rings. The van der Waals surface area contributed by atoms with Gasteiger partial charge in [0.1, 0.15) is 24.1 Å². The van der Waals surface area contributed by atoms with Crippen molar-refractivity contribution >= 4 is 18.5 Å². The van der Waals surface area contributed by atoms with Gasteiger partial charge in [0.15, 0.2) is 0 Å². The van der Waals surface area contributed by atoms with Crippen LogP contribution < -0.4 is 4.74 Å². The highest BCUT2D eigenvalue weighted by Gasteiger charge is 1.96. The quantitative estimate of drug-likeness (QED) is 0.533. The Morgan fingerprint density at radius 1 is 0.905 bits per heavy atom. The van der Waals surface area contributed by atoms with Gasteiger partial charge in [0, 0.05) is 18.1 Å². The van der Waals surface area contributed by atoms with Gasteiger partial charge in [0.2, 0.25) is 0 Å². The van der Waals surface area contributed by atoms with E-state index in [2.05, 4.69) is 0 Å². The monoisotopic (exact) mass is 286 g/mol. The van der Waals surface area contributed by atoms with Crippen molar-refractivity contribution in [2.45, 2.75) is 6.92 Å². The van der Waals surface area contributed by atoms with E-state index in [-0.39, 0.29) is 11.7 Å². The lowest BCUT2D eigenvalue weighted by molar-refractivity contribution is -0.131. The molecule has 0 saturated heterocycles. The third-order valence-electron chi connectivity index (χ3n) is 2.31. The maximum absolute atomic E-state index is 10.5. The Labute approximate surface area is 121 Å². The van der Waals surface area contributed by atoms with Crippen LogP contribution in [-0.2, 0) is 4.79 Å². The molecule has 5 heteroatoms. The van der Waals surface area contributed by atoms with Crippen LogP contribution in [0.2, 0.25) is 0 Å². The molecule has 0 saturated carbocycles. The molecule has 108 valence electrons. The van der Waals surface area contributed by atoms with Crippen LogP contribution >= 0.6 is 0 Å². The number of phenols is 1. The first-order chi connectivity index (χ1) is 10.0. The van der Waals surface area contributed by atoms with E-state index in [1.807, 2.05) is 0 Å². The standard InChI is InChI=1S/C9H8O3.C7H6O2/c1-7(11)12-9-4-2-8(6-10)3-5-9;8-5-6-1-3-7(9)4-2-6/h2-6H,1H3;1-5,9H. The molecule has 2 rings (SSSR count). The molecule has 0 aliphatic heterocycles. The lowest BCUT2D eigenvalue weighted by atomic mass is 10.2. The summed E-state index contributed by atoms with van der Waals surface area (Å²) in [5.74, 6) is 0.266. The number of rotatable bonds is 3. The molecule has 0 aromatic heterocycles. The van der Waals surface area contributed by atoms with E-state index in [4.69, 9.17) is 9.84 Å². The zero-order valence-electron chi connectivity index (χ0n) is 11.4. The highest BCUT2D eigenvalue weighted by molar-refractivity contribution is 5.75. The summed E-state index contributed by atoms with van der Waals surface area (Å²) in [6.07, 6.45) is 1.47.